The Labute approximate surface area is 111 Å². The third-order valence-electron chi connectivity index (χ3n) is 3.83. The zero-order chi connectivity index (χ0) is 13.1. The number of hydrogen-bond acceptors (Lipinski definition) is 2. The number of aryl methyl sites for hydroxylation is 2. The largest absolute Gasteiger partial charge is 0.373 e. The van der Waals surface area contributed by atoms with E-state index in [1.165, 1.54) is 16.7 Å². The lowest BCUT2D eigenvalue weighted by molar-refractivity contribution is 0.0891. The van der Waals surface area contributed by atoms with Crippen LogP contribution in [0.2, 0.25) is 0 Å². The molecule has 0 amide bonds. The summed E-state index contributed by atoms with van der Waals surface area (Å²) in [4.78, 5) is 0. The van der Waals surface area contributed by atoms with Crippen LogP contribution in [0.1, 0.15) is 43.1 Å². The van der Waals surface area contributed by atoms with Crippen molar-refractivity contribution >= 4 is 0 Å². The Balaban J connectivity index is 2.16. The number of nitrogens with one attached hydrogen (secondary N) is 1. The molecule has 0 radical (unpaired) electrons. The van der Waals surface area contributed by atoms with E-state index in [1.807, 2.05) is 0 Å². The Morgan fingerprint density at radius 3 is 2.56 bits per heavy atom. The molecule has 1 saturated heterocycles. The lowest BCUT2D eigenvalue weighted by Crippen LogP contribution is -2.30. The van der Waals surface area contributed by atoms with Crippen LogP contribution in [0.25, 0.3) is 0 Å². The predicted octanol–water partition coefficient (Wildman–Crippen LogP) is 3.38. The first-order valence-corrected chi connectivity index (χ1v) is 7.00. The fourth-order valence-corrected chi connectivity index (χ4v) is 2.83. The van der Waals surface area contributed by atoms with Crippen LogP contribution in [0.4, 0.5) is 0 Å². The minimum atomic E-state index is 0.275. The smallest absolute Gasteiger partial charge is 0.0871 e. The van der Waals surface area contributed by atoms with E-state index >= 15 is 0 Å². The molecule has 1 aromatic carbocycles. The normalized spacial score (nSPS) is 23.8. The number of rotatable bonds is 4. The second-order valence-electron chi connectivity index (χ2n) is 5.71. The van der Waals surface area contributed by atoms with Crippen molar-refractivity contribution < 1.29 is 4.74 Å². The maximum Gasteiger partial charge on any atom is 0.0871 e. The van der Waals surface area contributed by atoms with Gasteiger partial charge in [0.2, 0.25) is 0 Å². The summed E-state index contributed by atoms with van der Waals surface area (Å²) in [5.41, 5.74) is 4.12. The molecular formula is C16H25NO. The van der Waals surface area contributed by atoms with E-state index in [2.05, 4.69) is 51.2 Å². The highest BCUT2D eigenvalue weighted by molar-refractivity contribution is 5.36. The van der Waals surface area contributed by atoms with E-state index in [0.717, 1.165) is 19.6 Å². The van der Waals surface area contributed by atoms with Crippen molar-refractivity contribution in [3.8, 4) is 0 Å². The van der Waals surface area contributed by atoms with Gasteiger partial charge in [-0.1, -0.05) is 32.0 Å². The van der Waals surface area contributed by atoms with Gasteiger partial charge in [0, 0.05) is 25.1 Å². The second kappa shape index (κ2) is 5.85. The lowest BCUT2D eigenvalue weighted by atomic mass is 9.89. The highest BCUT2D eigenvalue weighted by Crippen LogP contribution is 2.37. The zero-order valence-electron chi connectivity index (χ0n) is 12.0. The molecule has 0 aromatic heterocycles. The lowest BCUT2D eigenvalue weighted by Gasteiger charge is -2.23. The molecular weight excluding hydrogens is 222 g/mol. The van der Waals surface area contributed by atoms with Crippen LogP contribution in [0.15, 0.2) is 18.2 Å². The molecule has 1 aliphatic rings. The van der Waals surface area contributed by atoms with Crippen LogP contribution in [-0.2, 0) is 4.74 Å². The summed E-state index contributed by atoms with van der Waals surface area (Å²) in [6.07, 6.45) is 1.44. The molecule has 1 fully saturated rings. The Morgan fingerprint density at radius 2 is 1.94 bits per heavy atom. The van der Waals surface area contributed by atoms with E-state index in [-0.39, 0.29) is 6.10 Å². The van der Waals surface area contributed by atoms with Crippen molar-refractivity contribution in [2.24, 2.45) is 5.92 Å². The van der Waals surface area contributed by atoms with Gasteiger partial charge in [0.25, 0.3) is 0 Å². The number of benzene rings is 1. The summed E-state index contributed by atoms with van der Waals surface area (Å²) in [5, 5.41) is 3.55. The van der Waals surface area contributed by atoms with Crippen molar-refractivity contribution in [3.05, 3.63) is 34.9 Å². The molecule has 1 heterocycles. The summed E-state index contributed by atoms with van der Waals surface area (Å²) in [5.74, 6) is 0.604. The van der Waals surface area contributed by atoms with Gasteiger partial charge in [0.15, 0.2) is 0 Å². The van der Waals surface area contributed by atoms with Gasteiger partial charge in [-0.05, 0) is 37.0 Å². The van der Waals surface area contributed by atoms with Gasteiger partial charge in [-0.25, -0.2) is 0 Å². The third-order valence-corrected chi connectivity index (χ3v) is 3.83. The summed E-state index contributed by atoms with van der Waals surface area (Å²) in [7, 11) is 0. The molecule has 1 aliphatic heterocycles. The fourth-order valence-electron chi connectivity index (χ4n) is 2.83. The standard InChI is InChI=1S/C16H25NO/c1-11(2)17-10-14-8-9-18-16(14)15-12(3)6-5-7-13(15)4/h5-7,11,14,16-17H,8-10H2,1-4H3. The number of ether oxygens (including phenoxy) is 1. The van der Waals surface area contributed by atoms with Crippen molar-refractivity contribution in [3.63, 3.8) is 0 Å². The summed E-state index contributed by atoms with van der Waals surface area (Å²) >= 11 is 0. The molecule has 2 nitrogen and oxygen atoms in total. The molecule has 0 bridgehead atoms. The Hall–Kier alpha value is -0.860. The van der Waals surface area contributed by atoms with Crippen LogP contribution < -0.4 is 5.32 Å². The average Bonchev–Trinajstić information content (AvgIpc) is 2.74. The molecule has 2 atom stereocenters. The zero-order valence-corrected chi connectivity index (χ0v) is 12.0. The van der Waals surface area contributed by atoms with Crippen LogP contribution in [-0.4, -0.2) is 19.2 Å². The molecule has 2 unspecified atom stereocenters. The van der Waals surface area contributed by atoms with Gasteiger partial charge < -0.3 is 10.1 Å². The maximum absolute atomic E-state index is 6.01. The van der Waals surface area contributed by atoms with Crippen LogP contribution >= 0.6 is 0 Å². The Bertz CT molecular complexity index is 380. The van der Waals surface area contributed by atoms with E-state index in [4.69, 9.17) is 4.74 Å². The molecule has 1 aromatic rings. The molecule has 18 heavy (non-hydrogen) atoms. The first kappa shape index (κ1) is 13.6. The highest BCUT2D eigenvalue weighted by atomic mass is 16.5. The van der Waals surface area contributed by atoms with Gasteiger partial charge in [0.05, 0.1) is 6.10 Å². The van der Waals surface area contributed by atoms with Crippen LogP contribution in [0.5, 0.6) is 0 Å². The Kier molecular flexibility index (Phi) is 4.41. The summed E-state index contributed by atoms with van der Waals surface area (Å²) < 4.78 is 6.01. The van der Waals surface area contributed by atoms with Gasteiger partial charge in [-0.2, -0.15) is 0 Å². The van der Waals surface area contributed by atoms with Gasteiger partial charge >= 0.3 is 0 Å². The molecule has 0 spiro atoms. The average molecular weight is 247 g/mol. The summed E-state index contributed by atoms with van der Waals surface area (Å²) in [6, 6.07) is 7.06. The van der Waals surface area contributed by atoms with E-state index in [1.54, 1.807) is 0 Å². The van der Waals surface area contributed by atoms with E-state index in [9.17, 15) is 0 Å². The monoisotopic (exact) mass is 247 g/mol. The molecule has 100 valence electrons. The molecule has 2 heteroatoms. The first-order chi connectivity index (χ1) is 8.59. The van der Waals surface area contributed by atoms with Gasteiger partial charge in [-0.3, -0.25) is 0 Å². The summed E-state index contributed by atoms with van der Waals surface area (Å²) in [6.45, 7) is 10.7. The van der Waals surface area contributed by atoms with E-state index in [0.29, 0.717) is 12.0 Å². The SMILES string of the molecule is Cc1cccc(C)c1C1OCCC1CNC(C)C. The highest BCUT2D eigenvalue weighted by Gasteiger charge is 2.31. The molecule has 0 aliphatic carbocycles. The van der Waals surface area contributed by atoms with Crippen molar-refractivity contribution in [2.45, 2.75) is 46.3 Å². The maximum atomic E-state index is 6.01. The quantitative estimate of drug-likeness (QED) is 0.880. The van der Waals surface area contributed by atoms with E-state index < -0.39 is 0 Å². The second-order valence-corrected chi connectivity index (χ2v) is 5.71. The first-order valence-electron chi connectivity index (χ1n) is 7.00. The molecule has 0 saturated carbocycles. The van der Waals surface area contributed by atoms with Crippen LogP contribution in [0.3, 0.4) is 0 Å². The van der Waals surface area contributed by atoms with Crippen LogP contribution in [0, 0.1) is 19.8 Å². The van der Waals surface area contributed by atoms with Crippen molar-refractivity contribution in [1.82, 2.24) is 5.32 Å². The minimum Gasteiger partial charge on any atom is -0.373 e. The fraction of sp³-hybridized carbons (Fsp3) is 0.625. The topological polar surface area (TPSA) is 21.3 Å². The van der Waals surface area contributed by atoms with Crippen molar-refractivity contribution in [1.29, 1.82) is 0 Å². The predicted molar refractivity (Wildman–Crippen MR) is 75.9 cm³/mol. The number of hydrogen-bond donors (Lipinski definition) is 1. The molecule has 2 rings (SSSR count). The van der Waals surface area contributed by atoms with Gasteiger partial charge in [0.1, 0.15) is 0 Å². The molecule has 1 N–H and O–H groups in total. The van der Waals surface area contributed by atoms with Crippen molar-refractivity contribution in [2.75, 3.05) is 13.2 Å². The van der Waals surface area contributed by atoms with Gasteiger partial charge in [-0.15, -0.1) is 0 Å². The Morgan fingerprint density at radius 1 is 1.28 bits per heavy atom. The third kappa shape index (κ3) is 2.93. The minimum absolute atomic E-state index is 0.275.